The van der Waals surface area contributed by atoms with E-state index in [0.717, 1.165) is 38.6 Å². The van der Waals surface area contributed by atoms with Crippen molar-refractivity contribution in [1.29, 1.82) is 0 Å². The van der Waals surface area contributed by atoms with Gasteiger partial charge in [-0.05, 0) is 36.4 Å². The zero-order chi connectivity index (χ0) is 18.4. The fourth-order valence-corrected chi connectivity index (χ4v) is 4.19. The zero-order valence-corrected chi connectivity index (χ0v) is 16.6. The maximum Gasteiger partial charge on any atom is 0.248 e. The summed E-state index contributed by atoms with van der Waals surface area (Å²) in [4.78, 5) is 17.6. The number of amides is 1. The first-order valence-corrected chi connectivity index (χ1v) is 10.7. The molecular formula is C20H22N2O2S2. The Kier molecular flexibility index (Phi) is 6.52. The molecule has 2 aromatic carbocycles. The van der Waals surface area contributed by atoms with Crippen LogP contribution in [-0.4, -0.2) is 29.6 Å². The Hall–Kier alpha value is -2.05. The predicted molar refractivity (Wildman–Crippen MR) is 110 cm³/mol. The summed E-state index contributed by atoms with van der Waals surface area (Å²) < 4.78 is 8.54. The highest BCUT2D eigenvalue weighted by Gasteiger charge is 2.09. The fraction of sp³-hybridized carbons (Fsp3) is 0.300. The molecule has 3 aromatic rings. The minimum atomic E-state index is -0.0784. The van der Waals surface area contributed by atoms with Crippen molar-refractivity contribution in [2.24, 2.45) is 4.99 Å². The first-order valence-electron chi connectivity index (χ1n) is 8.49. The SMILES string of the molecule is COc1ccc2c(c1)sc(=NC(=O)CCc1ccccc1)n2CCSC. The van der Waals surface area contributed by atoms with Crippen molar-refractivity contribution >= 4 is 39.2 Å². The molecule has 4 nitrogen and oxygen atoms in total. The number of carbonyl (C=O) groups is 1. The predicted octanol–water partition coefficient (Wildman–Crippen LogP) is 4.13. The molecule has 136 valence electrons. The average Bonchev–Trinajstić information content (AvgIpc) is 3.01. The van der Waals surface area contributed by atoms with E-state index in [0.29, 0.717) is 12.8 Å². The molecule has 3 rings (SSSR count). The number of aryl methyl sites for hydroxylation is 2. The maximum atomic E-state index is 12.4. The van der Waals surface area contributed by atoms with Gasteiger partial charge in [-0.1, -0.05) is 41.7 Å². The Bertz CT molecular complexity index is 945. The third-order valence-corrected chi connectivity index (χ3v) is 5.73. The first kappa shape index (κ1) is 18.7. The topological polar surface area (TPSA) is 43.6 Å². The van der Waals surface area contributed by atoms with Gasteiger partial charge in [-0.25, -0.2) is 0 Å². The van der Waals surface area contributed by atoms with Crippen molar-refractivity contribution in [3.8, 4) is 5.75 Å². The molecule has 1 amide bonds. The van der Waals surface area contributed by atoms with Crippen molar-refractivity contribution in [2.75, 3.05) is 19.1 Å². The molecule has 1 heterocycles. The molecule has 0 N–H and O–H groups in total. The van der Waals surface area contributed by atoms with Crippen LogP contribution in [0.1, 0.15) is 12.0 Å². The largest absolute Gasteiger partial charge is 0.497 e. The number of thioether (sulfide) groups is 1. The molecular weight excluding hydrogens is 364 g/mol. The van der Waals surface area contributed by atoms with E-state index in [1.165, 1.54) is 0 Å². The fourth-order valence-electron chi connectivity index (χ4n) is 2.72. The van der Waals surface area contributed by atoms with E-state index in [4.69, 9.17) is 4.74 Å². The number of methoxy groups -OCH3 is 1. The number of rotatable bonds is 7. The molecule has 0 aliphatic rings. The Morgan fingerprint density at radius 2 is 2.04 bits per heavy atom. The zero-order valence-electron chi connectivity index (χ0n) is 15.0. The third-order valence-electron chi connectivity index (χ3n) is 4.10. The van der Waals surface area contributed by atoms with Crippen LogP contribution in [0.15, 0.2) is 53.5 Å². The second kappa shape index (κ2) is 9.05. The van der Waals surface area contributed by atoms with Crippen LogP contribution in [0, 0.1) is 0 Å². The van der Waals surface area contributed by atoms with Crippen molar-refractivity contribution in [3.63, 3.8) is 0 Å². The Morgan fingerprint density at radius 1 is 1.23 bits per heavy atom. The van der Waals surface area contributed by atoms with Crippen LogP contribution in [0.3, 0.4) is 0 Å². The van der Waals surface area contributed by atoms with Gasteiger partial charge in [-0.2, -0.15) is 16.8 Å². The maximum absolute atomic E-state index is 12.4. The molecule has 26 heavy (non-hydrogen) atoms. The quantitative estimate of drug-likeness (QED) is 0.613. The highest BCUT2D eigenvalue weighted by molar-refractivity contribution is 7.98. The van der Waals surface area contributed by atoms with Crippen molar-refractivity contribution in [3.05, 3.63) is 58.9 Å². The van der Waals surface area contributed by atoms with Gasteiger partial charge in [0.05, 0.1) is 17.3 Å². The van der Waals surface area contributed by atoms with E-state index in [1.54, 1.807) is 30.2 Å². The van der Waals surface area contributed by atoms with E-state index in [1.807, 2.05) is 48.5 Å². The summed E-state index contributed by atoms with van der Waals surface area (Å²) >= 11 is 3.32. The number of ether oxygens (including phenoxy) is 1. The number of aromatic nitrogens is 1. The summed E-state index contributed by atoms with van der Waals surface area (Å²) in [5.74, 6) is 1.71. The van der Waals surface area contributed by atoms with Gasteiger partial charge in [0.25, 0.3) is 0 Å². The number of hydrogen-bond donors (Lipinski definition) is 0. The molecule has 0 atom stereocenters. The standard InChI is InChI=1S/C20H22N2O2S2/c1-24-16-9-10-17-18(14-16)26-20(22(17)12-13-25-2)21-19(23)11-8-15-6-4-3-5-7-15/h3-7,9-10,14H,8,11-13H2,1-2H3. The number of nitrogens with zero attached hydrogens (tertiary/aromatic N) is 2. The van der Waals surface area contributed by atoms with E-state index >= 15 is 0 Å². The molecule has 0 aliphatic carbocycles. The molecule has 0 aliphatic heterocycles. The van der Waals surface area contributed by atoms with Crippen molar-refractivity contribution < 1.29 is 9.53 Å². The van der Waals surface area contributed by atoms with E-state index in [2.05, 4.69) is 15.8 Å². The summed E-state index contributed by atoms with van der Waals surface area (Å²) in [6, 6.07) is 16.0. The Balaban J connectivity index is 1.88. The van der Waals surface area contributed by atoms with Gasteiger partial charge in [-0.15, -0.1) is 0 Å². The smallest absolute Gasteiger partial charge is 0.248 e. The molecule has 0 saturated carbocycles. The lowest BCUT2D eigenvalue weighted by molar-refractivity contribution is -0.118. The van der Waals surface area contributed by atoms with Crippen molar-refractivity contribution in [2.45, 2.75) is 19.4 Å². The van der Waals surface area contributed by atoms with E-state index in [-0.39, 0.29) is 5.91 Å². The second-order valence-electron chi connectivity index (χ2n) is 5.85. The van der Waals surface area contributed by atoms with Gasteiger partial charge in [0.15, 0.2) is 4.80 Å². The van der Waals surface area contributed by atoms with Gasteiger partial charge < -0.3 is 9.30 Å². The summed E-state index contributed by atoms with van der Waals surface area (Å²) in [6.07, 6.45) is 3.22. The van der Waals surface area contributed by atoms with Crippen LogP contribution < -0.4 is 9.54 Å². The van der Waals surface area contributed by atoms with Gasteiger partial charge in [0, 0.05) is 18.7 Å². The molecule has 1 aromatic heterocycles. The van der Waals surface area contributed by atoms with Crippen LogP contribution in [0.5, 0.6) is 5.75 Å². The second-order valence-corrected chi connectivity index (χ2v) is 7.85. The van der Waals surface area contributed by atoms with Gasteiger partial charge in [-0.3, -0.25) is 4.79 Å². The molecule has 0 saturated heterocycles. The minimum absolute atomic E-state index is 0.0784. The van der Waals surface area contributed by atoms with Crippen LogP contribution in [0.4, 0.5) is 0 Å². The molecule has 0 bridgehead atoms. The van der Waals surface area contributed by atoms with Crippen LogP contribution in [0.2, 0.25) is 0 Å². The Labute approximate surface area is 161 Å². The van der Waals surface area contributed by atoms with E-state index < -0.39 is 0 Å². The average molecular weight is 387 g/mol. The van der Waals surface area contributed by atoms with Crippen LogP contribution in [0.25, 0.3) is 10.2 Å². The molecule has 0 fully saturated rings. The van der Waals surface area contributed by atoms with Gasteiger partial charge >= 0.3 is 0 Å². The third kappa shape index (κ3) is 4.56. The molecule has 0 unspecified atom stereocenters. The van der Waals surface area contributed by atoms with Gasteiger partial charge in [0.1, 0.15) is 5.75 Å². The highest BCUT2D eigenvalue weighted by Crippen LogP contribution is 2.23. The number of fused-ring (bicyclic) bond motifs is 1. The summed E-state index contributed by atoms with van der Waals surface area (Å²) in [7, 11) is 1.66. The normalized spacial score (nSPS) is 11.8. The van der Waals surface area contributed by atoms with E-state index in [9.17, 15) is 4.79 Å². The number of hydrogen-bond acceptors (Lipinski definition) is 4. The monoisotopic (exact) mass is 386 g/mol. The first-order chi connectivity index (χ1) is 12.7. The van der Waals surface area contributed by atoms with Gasteiger partial charge in [0.2, 0.25) is 5.91 Å². The number of benzene rings is 2. The molecule has 0 spiro atoms. The summed E-state index contributed by atoms with van der Waals surface area (Å²) in [5, 5.41) is 0. The minimum Gasteiger partial charge on any atom is -0.497 e. The highest BCUT2D eigenvalue weighted by atomic mass is 32.2. The lowest BCUT2D eigenvalue weighted by Gasteiger charge is -2.04. The summed E-state index contributed by atoms with van der Waals surface area (Å²) in [5.41, 5.74) is 2.26. The lowest BCUT2D eigenvalue weighted by Crippen LogP contribution is -2.18. The number of carbonyl (C=O) groups excluding carboxylic acids is 1. The summed E-state index contributed by atoms with van der Waals surface area (Å²) in [6.45, 7) is 0.832. The van der Waals surface area contributed by atoms with Crippen LogP contribution >= 0.6 is 23.1 Å². The molecule has 0 radical (unpaired) electrons. The lowest BCUT2D eigenvalue weighted by atomic mass is 10.1. The van der Waals surface area contributed by atoms with Crippen molar-refractivity contribution in [1.82, 2.24) is 4.57 Å². The van der Waals surface area contributed by atoms with Crippen LogP contribution in [-0.2, 0) is 17.8 Å². The Morgan fingerprint density at radius 3 is 2.77 bits per heavy atom. The molecule has 6 heteroatoms. The number of thiazole rings is 1.